The Morgan fingerprint density at radius 1 is 0.897 bits per heavy atom. The van der Waals surface area contributed by atoms with E-state index in [1.54, 1.807) is 12.1 Å². The van der Waals surface area contributed by atoms with E-state index in [9.17, 15) is 9.18 Å². The lowest BCUT2D eigenvalue weighted by Gasteiger charge is -2.18. The summed E-state index contributed by atoms with van der Waals surface area (Å²) in [5, 5.41) is 3.04. The molecule has 0 aliphatic carbocycles. The molecule has 39 heavy (non-hydrogen) atoms. The van der Waals surface area contributed by atoms with Gasteiger partial charge in [-0.25, -0.2) is 4.39 Å². The van der Waals surface area contributed by atoms with E-state index in [-0.39, 0.29) is 18.1 Å². The van der Waals surface area contributed by atoms with Gasteiger partial charge in [-0.15, -0.1) is 11.8 Å². The molecule has 1 aliphatic rings. The van der Waals surface area contributed by atoms with E-state index in [1.807, 2.05) is 36.0 Å². The number of thioether (sulfide) groups is 1. The van der Waals surface area contributed by atoms with Crippen molar-refractivity contribution in [2.24, 2.45) is 0 Å². The summed E-state index contributed by atoms with van der Waals surface area (Å²) in [7, 11) is 0. The van der Waals surface area contributed by atoms with E-state index in [4.69, 9.17) is 4.74 Å². The van der Waals surface area contributed by atoms with Crippen molar-refractivity contribution in [3.05, 3.63) is 70.5 Å². The van der Waals surface area contributed by atoms with Crippen LogP contribution in [0, 0.1) is 5.82 Å². The molecule has 3 rings (SSSR count). The highest BCUT2D eigenvalue weighted by atomic mass is 32.2. The first-order valence-corrected chi connectivity index (χ1v) is 15.9. The summed E-state index contributed by atoms with van der Waals surface area (Å²) < 4.78 is 20.5. The van der Waals surface area contributed by atoms with Gasteiger partial charge in [0, 0.05) is 24.0 Å². The molecule has 2 aromatic carbocycles. The molecule has 0 saturated heterocycles. The molecule has 1 N–H and O–H groups in total. The fourth-order valence-corrected chi connectivity index (χ4v) is 5.70. The van der Waals surface area contributed by atoms with Crippen LogP contribution in [0.2, 0.25) is 0 Å². The topological polar surface area (TPSA) is 41.6 Å². The molecule has 0 saturated carbocycles. The predicted octanol–water partition coefficient (Wildman–Crippen LogP) is 9.45. The van der Waals surface area contributed by atoms with E-state index in [0.29, 0.717) is 12.2 Å². The van der Waals surface area contributed by atoms with Crippen LogP contribution in [0.1, 0.15) is 102 Å². The van der Waals surface area contributed by atoms with Gasteiger partial charge in [0.2, 0.25) is 5.91 Å². The zero-order valence-corrected chi connectivity index (χ0v) is 24.8. The van der Waals surface area contributed by atoms with Crippen molar-refractivity contribution in [3.8, 4) is 5.75 Å². The van der Waals surface area contributed by atoms with Gasteiger partial charge in [0.1, 0.15) is 0 Å². The number of carbonyl (C=O) groups excluding carboxylic acids is 1. The Morgan fingerprint density at radius 2 is 1.54 bits per heavy atom. The molecule has 0 unspecified atom stereocenters. The fourth-order valence-electron chi connectivity index (χ4n) is 4.95. The average molecular weight is 555 g/mol. The Labute approximate surface area is 239 Å². The minimum Gasteiger partial charge on any atom is -0.490 e. The fraction of sp³-hybridized carbons (Fsp3) is 0.545. The lowest BCUT2D eigenvalue weighted by molar-refractivity contribution is -0.115. The number of hydrogen-bond donors (Lipinski definition) is 1. The molecule has 0 aromatic heterocycles. The minimum absolute atomic E-state index is 0.0679. The number of nitrogens with zero attached hydrogens (tertiary/aromatic N) is 1. The number of hydrogen-bond acceptors (Lipinski definition) is 4. The summed E-state index contributed by atoms with van der Waals surface area (Å²) in [6, 6.07) is 12.7. The third-order valence-electron chi connectivity index (χ3n) is 7.13. The predicted molar refractivity (Wildman–Crippen MR) is 164 cm³/mol. The maximum Gasteiger partial charge on any atom is 0.228 e. The highest BCUT2D eigenvalue weighted by Gasteiger charge is 2.16. The number of carbonyl (C=O) groups is 1. The lowest BCUT2D eigenvalue weighted by atomic mass is 10.1. The molecular weight excluding hydrogens is 507 g/mol. The van der Waals surface area contributed by atoms with Crippen LogP contribution < -0.4 is 10.1 Å². The molecule has 0 fully saturated rings. The molecule has 0 atom stereocenters. The van der Waals surface area contributed by atoms with E-state index >= 15 is 0 Å². The number of benzene rings is 2. The zero-order valence-electron chi connectivity index (χ0n) is 24.0. The van der Waals surface area contributed by atoms with Crippen molar-refractivity contribution < 1.29 is 13.9 Å². The van der Waals surface area contributed by atoms with Gasteiger partial charge >= 0.3 is 0 Å². The first-order valence-electron chi connectivity index (χ1n) is 14.9. The summed E-state index contributed by atoms with van der Waals surface area (Å²) >= 11 is 1.82. The number of halogens is 1. The summed E-state index contributed by atoms with van der Waals surface area (Å²) in [5.41, 5.74) is 2.43. The maximum absolute atomic E-state index is 14.6. The van der Waals surface area contributed by atoms with Gasteiger partial charge in [0.05, 0.1) is 18.9 Å². The van der Waals surface area contributed by atoms with Crippen molar-refractivity contribution in [1.82, 2.24) is 4.90 Å². The quantitative estimate of drug-likeness (QED) is 0.176. The van der Waals surface area contributed by atoms with Crippen LogP contribution in [0.5, 0.6) is 5.75 Å². The van der Waals surface area contributed by atoms with E-state index in [2.05, 4.69) is 30.3 Å². The van der Waals surface area contributed by atoms with Crippen molar-refractivity contribution in [2.75, 3.05) is 17.8 Å². The molecule has 4 nitrogen and oxygen atoms in total. The van der Waals surface area contributed by atoms with Gasteiger partial charge in [-0.1, -0.05) is 108 Å². The van der Waals surface area contributed by atoms with Crippen LogP contribution in [-0.4, -0.2) is 23.3 Å². The zero-order chi connectivity index (χ0) is 27.7. The SMILES string of the molecule is CCCCCCCCCCCCCCOc1c(F)cccc1CC(=O)Nc1ccccc1CN1C=C(C)SC1. The number of allylic oxidation sites excluding steroid dienone is 1. The average Bonchev–Trinajstić information content (AvgIpc) is 3.33. The number of nitrogens with one attached hydrogen (secondary N) is 1. The number of anilines is 1. The van der Waals surface area contributed by atoms with Crippen LogP contribution >= 0.6 is 11.8 Å². The van der Waals surface area contributed by atoms with Gasteiger partial charge in [-0.05, 0) is 35.9 Å². The minimum atomic E-state index is -0.409. The third kappa shape index (κ3) is 11.7. The Bertz CT molecular complexity index is 1040. The third-order valence-corrected chi connectivity index (χ3v) is 8.15. The molecule has 0 spiro atoms. The number of para-hydroxylation sites is 2. The Morgan fingerprint density at radius 3 is 2.21 bits per heavy atom. The smallest absolute Gasteiger partial charge is 0.228 e. The molecule has 1 heterocycles. The molecule has 0 radical (unpaired) electrons. The summed E-state index contributed by atoms with van der Waals surface area (Å²) in [6.45, 7) is 5.56. The van der Waals surface area contributed by atoms with Crippen molar-refractivity contribution in [2.45, 2.75) is 104 Å². The molecule has 1 amide bonds. The highest BCUT2D eigenvalue weighted by molar-refractivity contribution is 8.03. The largest absolute Gasteiger partial charge is 0.490 e. The molecule has 0 bridgehead atoms. The maximum atomic E-state index is 14.6. The van der Waals surface area contributed by atoms with Gasteiger partial charge in [-0.2, -0.15) is 0 Å². The number of amides is 1. The van der Waals surface area contributed by atoms with Crippen molar-refractivity contribution in [3.63, 3.8) is 0 Å². The van der Waals surface area contributed by atoms with Gasteiger partial charge in [0.15, 0.2) is 11.6 Å². The summed E-state index contributed by atoms with van der Waals surface area (Å²) in [6.07, 6.45) is 17.5. The molecule has 2 aromatic rings. The van der Waals surface area contributed by atoms with Crippen molar-refractivity contribution >= 4 is 23.4 Å². The number of ether oxygens (including phenoxy) is 1. The number of unbranched alkanes of at least 4 members (excludes halogenated alkanes) is 11. The molecular formula is C33H47FN2O2S. The second-order valence-electron chi connectivity index (χ2n) is 10.6. The first-order chi connectivity index (χ1) is 19.1. The normalized spacial score (nSPS) is 13.0. The Balaban J connectivity index is 1.39. The summed E-state index contributed by atoms with van der Waals surface area (Å²) in [4.78, 5) is 16.5. The van der Waals surface area contributed by atoms with Crippen LogP contribution in [0.25, 0.3) is 0 Å². The monoisotopic (exact) mass is 554 g/mol. The van der Waals surface area contributed by atoms with Gasteiger partial charge in [-0.3, -0.25) is 4.79 Å². The van der Waals surface area contributed by atoms with Crippen LogP contribution in [-0.2, 0) is 17.8 Å². The van der Waals surface area contributed by atoms with Crippen LogP contribution in [0.4, 0.5) is 10.1 Å². The standard InChI is InChI=1S/C33H47FN2O2S/c1-3-4-5-6-7-8-9-10-11-12-13-16-22-38-33-28(19-17-20-30(33)34)23-32(37)35-31-21-15-14-18-29(31)25-36-24-27(2)39-26-36/h14-15,17-21,24H,3-13,16,22-23,25-26H2,1-2H3,(H,35,37). The Hall–Kier alpha value is -2.47. The van der Waals surface area contributed by atoms with Crippen molar-refractivity contribution in [1.29, 1.82) is 0 Å². The van der Waals surface area contributed by atoms with E-state index < -0.39 is 5.82 Å². The number of rotatable bonds is 19. The van der Waals surface area contributed by atoms with E-state index in [1.165, 1.54) is 75.2 Å². The second-order valence-corrected chi connectivity index (χ2v) is 11.8. The molecule has 214 valence electrons. The highest BCUT2D eigenvalue weighted by Crippen LogP contribution is 2.28. The van der Waals surface area contributed by atoms with E-state index in [0.717, 1.165) is 36.5 Å². The van der Waals surface area contributed by atoms with Gasteiger partial charge in [0.25, 0.3) is 0 Å². The molecule has 1 aliphatic heterocycles. The van der Waals surface area contributed by atoms with Gasteiger partial charge < -0.3 is 15.0 Å². The Kier molecular flexibility index (Phi) is 14.3. The van der Waals surface area contributed by atoms with Crippen LogP contribution in [0.15, 0.2) is 53.6 Å². The lowest BCUT2D eigenvalue weighted by Crippen LogP contribution is -2.19. The van der Waals surface area contributed by atoms with Crippen LogP contribution in [0.3, 0.4) is 0 Å². The molecule has 6 heteroatoms. The second kappa shape index (κ2) is 18.0. The summed E-state index contributed by atoms with van der Waals surface area (Å²) in [5.74, 6) is 0.537. The first kappa shape index (κ1) is 31.1.